The molecular weight excluding hydrogens is 340 g/mol. The van der Waals surface area contributed by atoms with E-state index in [1.54, 1.807) is 12.3 Å². The number of morpholine rings is 1. The highest BCUT2D eigenvalue weighted by Gasteiger charge is 2.28. The maximum atomic E-state index is 11.9. The van der Waals surface area contributed by atoms with Crippen LogP contribution in [0.4, 0.5) is 0 Å². The molecule has 1 aliphatic heterocycles. The Balaban J connectivity index is 1.42. The number of ether oxygens (including phenoxy) is 2. The molecule has 0 atom stereocenters. The summed E-state index contributed by atoms with van der Waals surface area (Å²) in [5.74, 6) is 0.676. The minimum atomic E-state index is -0.128. The topological polar surface area (TPSA) is 54.6 Å². The molecule has 1 aliphatic carbocycles. The third-order valence-corrected chi connectivity index (χ3v) is 5.62. The van der Waals surface area contributed by atoms with Crippen molar-refractivity contribution in [3.8, 4) is 5.75 Å². The van der Waals surface area contributed by atoms with Gasteiger partial charge in [0.05, 0.1) is 24.3 Å². The number of hydrogen-bond donors (Lipinski definition) is 1. The van der Waals surface area contributed by atoms with Gasteiger partial charge in [-0.2, -0.15) is 0 Å². The molecule has 1 aromatic heterocycles. The fourth-order valence-electron chi connectivity index (χ4n) is 3.93. The van der Waals surface area contributed by atoms with E-state index < -0.39 is 0 Å². The van der Waals surface area contributed by atoms with Gasteiger partial charge in [-0.15, -0.1) is 0 Å². The van der Waals surface area contributed by atoms with E-state index in [4.69, 9.17) is 21.1 Å². The van der Waals surface area contributed by atoms with Crippen molar-refractivity contribution in [2.24, 2.45) is 0 Å². The van der Waals surface area contributed by atoms with Gasteiger partial charge in [-0.3, -0.25) is 9.69 Å². The zero-order valence-electron chi connectivity index (χ0n) is 14.2. The van der Waals surface area contributed by atoms with E-state index in [2.05, 4.69) is 9.88 Å². The number of H-pyrrole nitrogens is 1. The molecule has 2 aliphatic rings. The summed E-state index contributed by atoms with van der Waals surface area (Å²) in [4.78, 5) is 17.1. The van der Waals surface area contributed by atoms with Gasteiger partial charge in [0.2, 0.25) is 0 Å². The molecular formula is C19H23ClN2O3. The number of rotatable bonds is 3. The number of aromatic amines is 1. The normalized spacial score (nSPS) is 25.2. The summed E-state index contributed by atoms with van der Waals surface area (Å²) in [7, 11) is 0. The third-order valence-electron chi connectivity index (χ3n) is 5.33. The van der Waals surface area contributed by atoms with Gasteiger partial charge in [0.15, 0.2) is 0 Å². The number of benzene rings is 1. The predicted octanol–water partition coefficient (Wildman–Crippen LogP) is 3.20. The third kappa shape index (κ3) is 3.68. The van der Waals surface area contributed by atoms with Crippen molar-refractivity contribution in [1.29, 1.82) is 0 Å². The van der Waals surface area contributed by atoms with E-state index in [0.29, 0.717) is 22.2 Å². The zero-order chi connectivity index (χ0) is 17.2. The van der Waals surface area contributed by atoms with Gasteiger partial charge in [-0.05, 0) is 49.3 Å². The van der Waals surface area contributed by atoms with Crippen LogP contribution in [0.1, 0.15) is 25.7 Å². The van der Waals surface area contributed by atoms with Crippen LogP contribution in [0.25, 0.3) is 10.8 Å². The minimum absolute atomic E-state index is 0.128. The summed E-state index contributed by atoms with van der Waals surface area (Å²) >= 11 is 6.34. The lowest BCUT2D eigenvalue weighted by atomic mass is 9.91. The first kappa shape index (κ1) is 16.9. The fraction of sp³-hybridized carbons (Fsp3) is 0.526. The van der Waals surface area contributed by atoms with E-state index in [1.165, 1.54) is 0 Å². The molecule has 1 saturated heterocycles. The van der Waals surface area contributed by atoms with Crippen LogP contribution in [-0.4, -0.2) is 48.3 Å². The molecule has 1 saturated carbocycles. The lowest BCUT2D eigenvalue weighted by molar-refractivity contribution is -0.00101. The van der Waals surface area contributed by atoms with Crippen molar-refractivity contribution >= 4 is 22.4 Å². The van der Waals surface area contributed by atoms with Crippen LogP contribution in [0.3, 0.4) is 0 Å². The quantitative estimate of drug-likeness (QED) is 0.911. The lowest BCUT2D eigenvalue weighted by Gasteiger charge is -2.38. The van der Waals surface area contributed by atoms with E-state index in [1.807, 2.05) is 12.1 Å². The van der Waals surface area contributed by atoms with Crippen LogP contribution in [0.5, 0.6) is 5.75 Å². The lowest BCUT2D eigenvalue weighted by Crippen LogP contribution is -2.46. The first-order valence-corrected chi connectivity index (χ1v) is 9.38. The van der Waals surface area contributed by atoms with Crippen molar-refractivity contribution in [2.45, 2.75) is 37.8 Å². The Labute approximate surface area is 151 Å². The highest BCUT2D eigenvalue weighted by Crippen LogP contribution is 2.33. The highest BCUT2D eigenvalue weighted by atomic mass is 35.5. The Morgan fingerprint density at radius 2 is 1.92 bits per heavy atom. The van der Waals surface area contributed by atoms with Gasteiger partial charge in [-0.1, -0.05) is 11.6 Å². The maximum absolute atomic E-state index is 11.9. The Bertz CT molecular complexity index is 793. The van der Waals surface area contributed by atoms with Crippen molar-refractivity contribution in [2.75, 3.05) is 26.3 Å². The number of fused-ring (bicyclic) bond motifs is 1. The van der Waals surface area contributed by atoms with Crippen LogP contribution in [-0.2, 0) is 4.74 Å². The molecule has 2 aromatic rings. The molecule has 2 fully saturated rings. The van der Waals surface area contributed by atoms with E-state index in [0.717, 1.165) is 57.4 Å². The van der Waals surface area contributed by atoms with Gasteiger partial charge in [0, 0.05) is 30.7 Å². The Morgan fingerprint density at radius 3 is 2.68 bits per heavy atom. The average molecular weight is 363 g/mol. The van der Waals surface area contributed by atoms with E-state index in [9.17, 15) is 4.79 Å². The molecule has 1 aromatic carbocycles. The van der Waals surface area contributed by atoms with Crippen molar-refractivity contribution < 1.29 is 9.47 Å². The molecule has 0 unspecified atom stereocenters. The number of hydrogen-bond acceptors (Lipinski definition) is 4. The molecule has 0 radical (unpaired) electrons. The molecule has 4 rings (SSSR count). The summed E-state index contributed by atoms with van der Waals surface area (Å²) < 4.78 is 11.6. The first-order valence-electron chi connectivity index (χ1n) is 9.00. The summed E-state index contributed by atoms with van der Waals surface area (Å²) in [6, 6.07) is 6.09. The summed E-state index contributed by atoms with van der Waals surface area (Å²) in [5, 5.41) is 1.94. The second-order valence-corrected chi connectivity index (χ2v) is 7.28. The molecule has 6 heteroatoms. The molecule has 0 amide bonds. The van der Waals surface area contributed by atoms with Gasteiger partial charge in [0.1, 0.15) is 5.75 Å². The summed E-state index contributed by atoms with van der Waals surface area (Å²) in [6.07, 6.45) is 6.20. The number of aromatic nitrogens is 1. The number of nitrogens with zero attached hydrogens (tertiary/aromatic N) is 1. The predicted molar refractivity (Wildman–Crippen MR) is 98.6 cm³/mol. The largest absolute Gasteiger partial charge is 0.489 e. The number of halogens is 1. The van der Waals surface area contributed by atoms with Crippen molar-refractivity contribution in [3.05, 3.63) is 39.8 Å². The van der Waals surface area contributed by atoms with Crippen LogP contribution in [0.15, 0.2) is 29.2 Å². The molecule has 25 heavy (non-hydrogen) atoms. The first-order chi connectivity index (χ1) is 12.2. The van der Waals surface area contributed by atoms with E-state index >= 15 is 0 Å². The maximum Gasteiger partial charge on any atom is 0.255 e. The molecule has 2 heterocycles. The number of pyridine rings is 1. The molecule has 1 N–H and O–H groups in total. The monoisotopic (exact) mass is 362 g/mol. The second-order valence-electron chi connectivity index (χ2n) is 6.87. The molecule has 0 bridgehead atoms. The SMILES string of the molecule is O=c1[nH]ccc2cc(O[C@H]3CC[C@@H](N4CCOCC4)CC3)c(Cl)cc12. The summed E-state index contributed by atoms with van der Waals surface area (Å²) in [6.45, 7) is 3.78. The minimum Gasteiger partial charge on any atom is -0.489 e. The molecule has 0 spiro atoms. The standard InChI is InChI=1S/C19H23ClN2O3/c20-17-12-16-13(5-6-21-19(16)23)11-18(17)25-15-3-1-14(2-4-15)22-7-9-24-10-8-22/h5-6,11-12,14-15H,1-4,7-10H2,(H,21,23)/t14-,15+. The summed E-state index contributed by atoms with van der Waals surface area (Å²) in [5.41, 5.74) is -0.128. The second kappa shape index (κ2) is 7.36. The van der Waals surface area contributed by atoms with Gasteiger partial charge < -0.3 is 14.5 Å². The average Bonchev–Trinajstić information content (AvgIpc) is 2.65. The molecule has 134 valence electrons. The van der Waals surface area contributed by atoms with Crippen molar-refractivity contribution in [3.63, 3.8) is 0 Å². The number of nitrogens with one attached hydrogen (secondary N) is 1. The smallest absolute Gasteiger partial charge is 0.255 e. The van der Waals surface area contributed by atoms with Crippen LogP contribution in [0, 0.1) is 0 Å². The zero-order valence-corrected chi connectivity index (χ0v) is 14.9. The van der Waals surface area contributed by atoms with Gasteiger partial charge in [-0.25, -0.2) is 0 Å². The Morgan fingerprint density at radius 1 is 1.16 bits per heavy atom. The van der Waals surface area contributed by atoms with Crippen LogP contribution in [0.2, 0.25) is 5.02 Å². The van der Waals surface area contributed by atoms with Crippen LogP contribution < -0.4 is 10.3 Å². The highest BCUT2D eigenvalue weighted by molar-refractivity contribution is 6.32. The van der Waals surface area contributed by atoms with Crippen molar-refractivity contribution in [1.82, 2.24) is 9.88 Å². The van der Waals surface area contributed by atoms with E-state index in [-0.39, 0.29) is 11.7 Å². The fourth-order valence-corrected chi connectivity index (χ4v) is 4.14. The Kier molecular flexibility index (Phi) is 4.97. The van der Waals surface area contributed by atoms with Gasteiger partial charge >= 0.3 is 0 Å². The Hall–Kier alpha value is -1.56. The molecule has 5 nitrogen and oxygen atoms in total. The van der Waals surface area contributed by atoms with Gasteiger partial charge in [0.25, 0.3) is 5.56 Å². The van der Waals surface area contributed by atoms with Crippen LogP contribution >= 0.6 is 11.6 Å².